The highest BCUT2D eigenvalue weighted by molar-refractivity contribution is 5.84. The third-order valence-electron chi connectivity index (χ3n) is 3.78. The van der Waals surface area contributed by atoms with Crippen LogP contribution in [0.25, 0.3) is 0 Å². The molecular formula is C11H14N4O3. The topological polar surface area (TPSA) is 88.3 Å². The van der Waals surface area contributed by atoms with E-state index >= 15 is 0 Å². The van der Waals surface area contributed by atoms with Crippen molar-refractivity contribution >= 4 is 11.9 Å². The van der Waals surface area contributed by atoms with Gasteiger partial charge in [-0.15, -0.1) is 5.10 Å². The van der Waals surface area contributed by atoms with Crippen LogP contribution in [0.2, 0.25) is 0 Å². The minimum absolute atomic E-state index is 0.00374. The molecule has 7 nitrogen and oxygen atoms in total. The molecule has 18 heavy (non-hydrogen) atoms. The van der Waals surface area contributed by atoms with E-state index in [0.29, 0.717) is 12.0 Å². The van der Waals surface area contributed by atoms with Gasteiger partial charge in [-0.1, -0.05) is 5.21 Å². The Labute approximate surface area is 103 Å². The molecule has 2 unspecified atom stereocenters. The summed E-state index contributed by atoms with van der Waals surface area (Å²) < 4.78 is 1.29. The highest BCUT2D eigenvalue weighted by Crippen LogP contribution is 2.37. The molecule has 2 fully saturated rings. The molecular weight excluding hydrogens is 236 g/mol. The van der Waals surface area contributed by atoms with Crippen molar-refractivity contribution < 1.29 is 14.7 Å². The zero-order chi connectivity index (χ0) is 12.7. The van der Waals surface area contributed by atoms with E-state index in [9.17, 15) is 9.59 Å². The molecule has 2 heterocycles. The van der Waals surface area contributed by atoms with E-state index in [4.69, 9.17) is 5.11 Å². The smallest absolute Gasteiger partial charge is 0.358 e. The van der Waals surface area contributed by atoms with Crippen LogP contribution in [0.4, 0.5) is 0 Å². The summed E-state index contributed by atoms with van der Waals surface area (Å²) in [6.07, 6.45) is 4.72. The normalized spacial score (nSPS) is 25.7. The number of aromatic carboxylic acids is 1. The van der Waals surface area contributed by atoms with Crippen molar-refractivity contribution in [3.8, 4) is 0 Å². The second-order valence-corrected chi connectivity index (χ2v) is 4.99. The predicted molar refractivity (Wildman–Crippen MR) is 59.8 cm³/mol. The number of carbonyl (C=O) groups excluding carboxylic acids is 1. The Hall–Kier alpha value is -1.92. The number of amides is 1. The second-order valence-electron chi connectivity index (χ2n) is 4.99. The number of nitrogens with zero attached hydrogens (tertiary/aromatic N) is 4. The fraction of sp³-hybridized carbons (Fsp3) is 0.636. The maximum atomic E-state index is 12.1. The Morgan fingerprint density at radius 2 is 2.28 bits per heavy atom. The van der Waals surface area contributed by atoms with Gasteiger partial charge in [-0.3, -0.25) is 4.79 Å². The second kappa shape index (κ2) is 4.08. The van der Waals surface area contributed by atoms with Crippen molar-refractivity contribution in [3.05, 3.63) is 11.9 Å². The molecule has 2 bridgehead atoms. The van der Waals surface area contributed by atoms with Gasteiger partial charge in [0.2, 0.25) is 5.91 Å². The van der Waals surface area contributed by atoms with Gasteiger partial charge in [-0.2, -0.15) is 0 Å². The summed E-state index contributed by atoms with van der Waals surface area (Å²) >= 11 is 0. The maximum absolute atomic E-state index is 12.1. The van der Waals surface area contributed by atoms with Gasteiger partial charge in [0.15, 0.2) is 5.69 Å². The minimum atomic E-state index is -1.13. The van der Waals surface area contributed by atoms with Gasteiger partial charge < -0.3 is 10.0 Å². The molecule has 1 aliphatic carbocycles. The molecule has 1 saturated carbocycles. The van der Waals surface area contributed by atoms with E-state index in [0.717, 1.165) is 19.4 Å². The van der Waals surface area contributed by atoms with Gasteiger partial charge in [0, 0.05) is 12.6 Å². The van der Waals surface area contributed by atoms with Crippen LogP contribution in [-0.2, 0) is 11.3 Å². The largest absolute Gasteiger partial charge is 0.476 e. The first-order chi connectivity index (χ1) is 8.63. The average molecular weight is 250 g/mol. The lowest BCUT2D eigenvalue weighted by Crippen LogP contribution is -2.39. The van der Waals surface area contributed by atoms with Crippen molar-refractivity contribution in [2.75, 3.05) is 6.54 Å². The minimum Gasteiger partial charge on any atom is -0.476 e. The van der Waals surface area contributed by atoms with Gasteiger partial charge in [-0.25, -0.2) is 9.48 Å². The number of carbonyl (C=O) groups is 2. The number of aromatic nitrogens is 3. The monoisotopic (exact) mass is 250 g/mol. The Morgan fingerprint density at radius 1 is 1.44 bits per heavy atom. The maximum Gasteiger partial charge on any atom is 0.358 e. The van der Waals surface area contributed by atoms with Gasteiger partial charge in [0.25, 0.3) is 0 Å². The fourth-order valence-corrected chi connectivity index (χ4v) is 2.93. The standard InChI is InChI=1S/C11H14N4O3/c16-10(15-4-7-1-2-8(15)3-7)6-14-5-9(11(17)18)12-13-14/h5,7-8H,1-4,6H2,(H,17,18). The summed E-state index contributed by atoms with van der Waals surface area (Å²) in [6.45, 7) is 0.910. The summed E-state index contributed by atoms with van der Waals surface area (Å²) in [5.74, 6) is -0.470. The molecule has 1 amide bonds. The molecule has 2 atom stereocenters. The Morgan fingerprint density at radius 3 is 2.83 bits per heavy atom. The molecule has 1 aromatic rings. The highest BCUT2D eigenvalue weighted by Gasteiger charge is 2.40. The van der Waals surface area contributed by atoms with Gasteiger partial charge >= 0.3 is 5.97 Å². The van der Waals surface area contributed by atoms with E-state index in [2.05, 4.69) is 10.3 Å². The number of carboxylic acid groups (broad SMARTS) is 1. The van der Waals surface area contributed by atoms with Crippen LogP contribution in [-0.4, -0.2) is 49.5 Å². The number of carboxylic acids is 1. The first-order valence-electron chi connectivity index (χ1n) is 6.06. The van der Waals surface area contributed by atoms with Crippen molar-refractivity contribution in [3.63, 3.8) is 0 Å². The van der Waals surface area contributed by atoms with Crippen LogP contribution < -0.4 is 0 Å². The molecule has 2 aliphatic rings. The van der Waals surface area contributed by atoms with Crippen molar-refractivity contribution in [2.45, 2.75) is 31.8 Å². The lowest BCUT2D eigenvalue weighted by Gasteiger charge is -2.26. The van der Waals surface area contributed by atoms with Crippen molar-refractivity contribution in [1.82, 2.24) is 19.9 Å². The Balaban J connectivity index is 1.65. The van der Waals surface area contributed by atoms with E-state index in [1.165, 1.54) is 17.3 Å². The molecule has 7 heteroatoms. The molecule has 96 valence electrons. The summed E-state index contributed by atoms with van der Waals surface area (Å²) in [6, 6.07) is 0.380. The predicted octanol–water partition coefficient (Wildman–Crippen LogP) is -0.0128. The van der Waals surface area contributed by atoms with Crippen LogP contribution in [0.3, 0.4) is 0 Å². The Kier molecular flexibility index (Phi) is 2.53. The van der Waals surface area contributed by atoms with E-state index in [-0.39, 0.29) is 18.1 Å². The van der Waals surface area contributed by atoms with Crippen molar-refractivity contribution in [1.29, 1.82) is 0 Å². The Bertz CT molecular complexity index is 498. The molecule has 0 radical (unpaired) electrons. The van der Waals surface area contributed by atoms with Gasteiger partial charge in [0.1, 0.15) is 6.54 Å². The zero-order valence-electron chi connectivity index (χ0n) is 9.82. The quantitative estimate of drug-likeness (QED) is 0.815. The highest BCUT2D eigenvalue weighted by atomic mass is 16.4. The first kappa shape index (κ1) is 11.2. The fourth-order valence-electron chi connectivity index (χ4n) is 2.93. The molecule has 0 aromatic carbocycles. The van der Waals surface area contributed by atoms with Crippen LogP contribution >= 0.6 is 0 Å². The van der Waals surface area contributed by atoms with E-state index in [1.54, 1.807) is 0 Å². The van der Waals surface area contributed by atoms with Crippen LogP contribution in [0.5, 0.6) is 0 Å². The molecule has 1 aliphatic heterocycles. The molecule has 0 spiro atoms. The molecule has 3 rings (SSSR count). The first-order valence-corrected chi connectivity index (χ1v) is 6.06. The lowest BCUT2D eigenvalue weighted by molar-refractivity contribution is -0.133. The van der Waals surface area contributed by atoms with E-state index in [1.807, 2.05) is 4.90 Å². The lowest BCUT2D eigenvalue weighted by atomic mass is 10.1. The summed E-state index contributed by atoms with van der Waals surface area (Å²) in [7, 11) is 0. The van der Waals surface area contributed by atoms with Crippen molar-refractivity contribution in [2.24, 2.45) is 5.92 Å². The number of rotatable bonds is 3. The van der Waals surface area contributed by atoms with Gasteiger partial charge in [-0.05, 0) is 25.2 Å². The number of hydrogen-bond donors (Lipinski definition) is 1. The van der Waals surface area contributed by atoms with Gasteiger partial charge in [0.05, 0.1) is 6.20 Å². The van der Waals surface area contributed by atoms with Crippen LogP contribution in [0, 0.1) is 5.92 Å². The summed E-state index contributed by atoms with van der Waals surface area (Å²) in [5, 5.41) is 15.9. The number of likely N-dealkylation sites (tertiary alicyclic amines) is 1. The van der Waals surface area contributed by atoms with Crippen LogP contribution in [0.15, 0.2) is 6.20 Å². The molecule has 1 N–H and O–H groups in total. The zero-order valence-corrected chi connectivity index (χ0v) is 9.82. The SMILES string of the molecule is O=C(O)c1cn(CC(=O)N2CC3CCC2C3)nn1. The molecule has 1 aromatic heterocycles. The summed E-state index contributed by atoms with van der Waals surface area (Å²) in [5.41, 5.74) is -0.134. The third kappa shape index (κ3) is 1.85. The average Bonchev–Trinajstić information content (AvgIpc) is 3.03. The van der Waals surface area contributed by atoms with Crippen LogP contribution in [0.1, 0.15) is 29.8 Å². The number of fused-ring (bicyclic) bond motifs is 2. The molecule has 1 saturated heterocycles. The number of hydrogen-bond acceptors (Lipinski definition) is 4. The summed E-state index contributed by atoms with van der Waals surface area (Å²) in [4.78, 5) is 24.6. The van der Waals surface area contributed by atoms with E-state index < -0.39 is 5.97 Å². The third-order valence-corrected chi connectivity index (χ3v) is 3.78. The number of piperidine rings is 1.